The van der Waals surface area contributed by atoms with Crippen molar-refractivity contribution in [1.82, 2.24) is 5.32 Å². The first-order valence-corrected chi connectivity index (χ1v) is 8.34. The highest BCUT2D eigenvalue weighted by Gasteiger charge is 2.19. The topological polar surface area (TPSA) is 93.5 Å². The molecule has 0 unspecified atom stereocenters. The molecule has 2 rings (SSSR count). The Morgan fingerprint density at radius 3 is 2.58 bits per heavy atom. The molecule has 2 aromatic carbocycles. The summed E-state index contributed by atoms with van der Waals surface area (Å²) in [6.07, 6.45) is 0. The van der Waals surface area contributed by atoms with Crippen LogP contribution in [0.15, 0.2) is 42.5 Å². The molecule has 0 radical (unpaired) electrons. The van der Waals surface area contributed by atoms with Crippen molar-refractivity contribution in [3.8, 4) is 5.75 Å². The molecule has 26 heavy (non-hydrogen) atoms. The molecule has 0 aliphatic rings. The summed E-state index contributed by atoms with van der Waals surface area (Å²) in [7, 11) is 1.39. The Morgan fingerprint density at radius 1 is 1.23 bits per heavy atom. The highest BCUT2D eigenvalue weighted by Crippen LogP contribution is 2.29. The van der Waals surface area contributed by atoms with Gasteiger partial charge in [0.05, 0.1) is 29.8 Å². The van der Waals surface area contributed by atoms with Crippen LogP contribution in [0.1, 0.15) is 25.5 Å². The third-order valence-electron chi connectivity index (χ3n) is 3.90. The predicted octanol–water partition coefficient (Wildman–Crippen LogP) is 3.93. The minimum absolute atomic E-state index is 0.0896. The molecule has 0 fully saturated rings. The maximum atomic E-state index is 12.4. The average Bonchev–Trinajstić information content (AvgIpc) is 2.61. The number of carbonyl (C=O) groups is 1. The van der Waals surface area contributed by atoms with E-state index < -0.39 is 11.0 Å². The number of benzene rings is 2. The van der Waals surface area contributed by atoms with E-state index in [0.717, 1.165) is 5.56 Å². The number of hydrogen-bond donors (Lipinski definition) is 2. The van der Waals surface area contributed by atoms with Gasteiger partial charge in [-0.3, -0.25) is 20.2 Å². The lowest BCUT2D eigenvalue weighted by molar-refractivity contribution is -0.384. The fourth-order valence-electron chi connectivity index (χ4n) is 2.46. The zero-order valence-corrected chi connectivity index (χ0v) is 15.4. The monoisotopic (exact) mass is 377 g/mol. The van der Waals surface area contributed by atoms with Gasteiger partial charge in [0.15, 0.2) is 0 Å². The Morgan fingerprint density at radius 2 is 1.96 bits per heavy atom. The Hall–Kier alpha value is -2.64. The zero-order chi connectivity index (χ0) is 19.3. The number of hydrogen-bond acceptors (Lipinski definition) is 5. The van der Waals surface area contributed by atoms with Gasteiger partial charge in [0.25, 0.3) is 5.69 Å². The summed E-state index contributed by atoms with van der Waals surface area (Å²) in [5, 5.41) is 17.4. The van der Waals surface area contributed by atoms with Crippen molar-refractivity contribution in [2.45, 2.75) is 25.9 Å². The van der Waals surface area contributed by atoms with Crippen molar-refractivity contribution in [2.75, 3.05) is 12.4 Å². The second kappa shape index (κ2) is 8.64. The lowest BCUT2D eigenvalue weighted by Gasteiger charge is -2.20. The van der Waals surface area contributed by atoms with Crippen LogP contribution in [0.25, 0.3) is 0 Å². The Balaban J connectivity index is 2.06. The number of methoxy groups -OCH3 is 1. The summed E-state index contributed by atoms with van der Waals surface area (Å²) < 4.78 is 5.13. The molecule has 0 aliphatic heterocycles. The van der Waals surface area contributed by atoms with Gasteiger partial charge in [-0.15, -0.1) is 0 Å². The first-order valence-electron chi connectivity index (χ1n) is 7.96. The van der Waals surface area contributed by atoms with Crippen LogP contribution < -0.4 is 15.4 Å². The molecule has 2 atom stereocenters. The summed E-state index contributed by atoms with van der Waals surface area (Å²) in [5.74, 6) is -0.0614. The number of ether oxygens (including phenoxy) is 1. The number of nitro benzene ring substituents is 1. The van der Waals surface area contributed by atoms with Gasteiger partial charge in [-0.2, -0.15) is 0 Å². The number of amides is 1. The molecule has 0 aliphatic carbocycles. The van der Waals surface area contributed by atoms with E-state index in [-0.39, 0.29) is 23.4 Å². The third kappa shape index (κ3) is 4.93. The van der Waals surface area contributed by atoms with E-state index in [9.17, 15) is 14.9 Å². The predicted molar refractivity (Wildman–Crippen MR) is 101 cm³/mol. The highest BCUT2D eigenvalue weighted by atomic mass is 35.5. The van der Waals surface area contributed by atoms with Crippen LogP contribution in [0.3, 0.4) is 0 Å². The molecule has 0 aromatic heterocycles. The fraction of sp³-hybridized carbons (Fsp3) is 0.278. The molecular weight excluding hydrogens is 358 g/mol. The third-order valence-corrected chi connectivity index (χ3v) is 4.13. The van der Waals surface area contributed by atoms with E-state index in [1.807, 2.05) is 25.1 Å². The number of rotatable bonds is 7. The second-order valence-corrected chi connectivity index (χ2v) is 6.23. The number of nitrogens with one attached hydrogen (secondary N) is 2. The second-order valence-electron chi connectivity index (χ2n) is 5.80. The lowest BCUT2D eigenvalue weighted by atomic mass is 10.1. The van der Waals surface area contributed by atoms with Crippen LogP contribution >= 0.6 is 11.6 Å². The van der Waals surface area contributed by atoms with Crippen molar-refractivity contribution >= 4 is 28.9 Å². The average molecular weight is 378 g/mol. The SMILES string of the molecule is COc1cc([N+](=O)[O-])ccc1NC(=O)[C@H](C)N[C@H](C)c1cccc(Cl)c1. The number of nitro groups is 1. The Kier molecular flexibility index (Phi) is 6.54. The van der Waals surface area contributed by atoms with Crippen molar-refractivity contribution in [2.24, 2.45) is 0 Å². The molecule has 0 spiro atoms. The van der Waals surface area contributed by atoms with E-state index in [1.165, 1.54) is 25.3 Å². The van der Waals surface area contributed by atoms with E-state index in [1.54, 1.807) is 13.0 Å². The first-order chi connectivity index (χ1) is 12.3. The molecule has 2 N–H and O–H groups in total. The number of anilines is 1. The normalized spacial score (nSPS) is 12.9. The van der Waals surface area contributed by atoms with E-state index in [4.69, 9.17) is 16.3 Å². The first kappa shape index (κ1) is 19.7. The molecule has 2 aromatic rings. The lowest BCUT2D eigenvalue weighted by Crippen LogP contribution is -2.39. The van der Waals surface area contributed by atoms with Crippen molar-refractivity contribution in [3.05, 3.63) is 63.2 Å². The smallest absolute Gasteiger partial charge is 0.273 e. The molecule has 0 saturated heterocycles. The quantitative estimate of drug-likeness (QED) is 0.563. The Bertz CT molecular complexity index is 813. The summed E-state index contributed by atoms with van der Waals surface area (Å²) in [4.78, 5) is 22.8. The van der Waals surface area contributed by atoms with Crippen LogP contribution in [-0.2, 0) is 4.79 Å². The van der Waals surface area contributed by atoms with Crippen molar-refractivity contribution < 1.29 is 14.5 Å². The van der Waals surface area contributed by atoms with Crippen LogP contribution in [-0.4, -0.2) is 24.0 Å². The summed E-state index contributed by atoms with van der Waals surface area (Å²) >= 11 is 5.99. The van der Waals surface area contributed by atoms with E-state index in [2.05, 4.69) is 10.6 Å². The van der Waals surface area contributed by atoms with Crippen LogP contribution in [0.4, 0.5) is 11.4 Å². The maximum absolute atomic E-state index is 12.4. The van der Waals surface area contributed by atoms with Gasteiger partial charge in [0.2, 0.25) is 5.91 Å². The van der Waals surface area contributed by atoms with Gasteiger partial charge in [-0.25, -0.2) is 0 Å². The number of nitrogens with zero attached hydrogens (tertiary/aromatic N) is 1. The molecule has 1 amide bonds. The number of non-ortho nitro benzene ring substituents is 1. The molecular formula is C18H20ClN3O4. The van der Waals surface area contributed by atoms with Gasteiger partial charge in [-0.1, -0.05) is 23.7 Å². The van der Waals surface area contributed by atoms with Crippen molar-refractivity contribution in [3.63, 3.8) is 0 Å². The molecule has 7 nitrogen and oxygen atoms in total. The van der Waals surface area contributed by atoms with Gasteiger partial charge >= 0.3 is 0 Å². The number of carbonyl (C=O) groups excluding carboxylic acids is 1. The standard InChI is InChI=1S/C18H20ClN3O4/c1-11(13-5-4-6-14(19)9-13)20-12(2)18(23)21-16-8-7-15(22(24)25)10-17(16)26-3/h4-12,20H,1-3H3,(H,21,23)/t11-,12+/m1/s1. The van der Waals surface area contributed by atoms with E-state index in [0.29, 0.717) is 10.7 Å². The summed E-state index contributed by atoms with van der Waals surface area (Å²) in [6, 6.07) is 10.8. The zero-order valence-electron chi connectivity index (χ0n) is 14.7. The highest BCUT2D eigenvalue weighted by molar-refractivity contribution is 6.30. The minimum atomic E-state index is -0.523. The maximum Gasteiger partial charge on any atom is 0.273 e. The molecule has 8 heteroatoms. The van der Waals surface area contributed by atoms with Gasteiger partial charge in [0.1, 0.15) is 5.75 Å². The summed E-state index contributed by atoms with van der Waals surface area (Å²) in [5.41, 5.74) is 1.22. The van der Waals surface area contributed by atoms with Gasteiger partial charge in [-0.05, 0) is 37.6 Å². The summed E-state index contributed by atoms with van der Waals surface area (Å²) in [6.45, 7) is 3.66. The minimum Gasteiger partial charge on any atom is -0.494 e. The largest absolute Gasteiger partial charge is 0.494 e. The molecule has 0 bridgehead atoms. The van der Waals surface area contributed by atoms with Crippen LogP contribution in [0.2, 0.25) is 5.02 Å². The molecule has 0 heterocycles. The van der Waals surface area contributed by atoms with Crippen molar-refractivity contribution in [1.29, 1.82) is 0 Å². The van der Waals surface area contributed by atoms with Crippen LogP contribution in [0.5, 0.6) is 5.75 Å². The number of halogens is 1. The van der Waals surface area contributed by atoms with E-state index >= 15 is 0 Å². The molecule has 138 valence electrons. The Labute approximate surface area is 156 Å². The van der Waals surface area contributed by atoms with Crippen LogP contribution in [0, 0.1) is 10.1 Å². The molecule has 0 saturated carbocycles. The fourth-order valence-corrected chi connectivity index (χ4v) is 2.66. The van der Waals surface area contributed by atoms with Gasteiger partial charge in [0, 0.05) is 17.1 Å². The van der Waals surface area contributed by atoms with Gasteiger partial charge < -0.3 is 10.1 Å².